The third-order valence-electron chi connectivity index (χ3n) is 2.81. The van der Waals surface area contributed by atoms with E-state index in [9.17, 15) is 0 Å². The van der Waals surface area contributed by atoms with Gasteiger partial charge in [-0.3, -0.25) is 0 Å². The minimum absolute atomic E-state index is 0.722. The summed E-state index contributed by atoms with van der Waals surface area (Å²) in [5, 5.41) is 0. The molecule has 1 aliphatic heterocycles. The normalized spacial score (nSPS) is 27.5. The third kappa shape index (κ3) is 1.69. The number of hydrogen-bond donors (Lipinski definition) is 0. The fourth-order valence-electron chi connectivity index (χ4n) is 2.03. The van der Waals surface area contributed by atoms with E-state index in [-0.39, 0.29) is 0 Å². The molecule has 0 radical (unpaired) electrons. The van der Waals surface area contributed by atoms with Crippen molar-refractivity contribution >= 4 is 0 Å². The highest BCUT2D eigenvalue weighted by Crippen LogP contribution is 2.26. The molecule has 0 bridgehead atoms. The Morgan fingerprint density at radius 1 is 1.46 bits per heavy atom. The maximum Gasteiger partial charge on any atom is 0.0396 e. The molecule has 0 aromatic carbocycles. The van der Waals surface area contributed by atoms with Crippen LogP contribution >= 0.6 is 0 Å². The van der Waals surface area contributed by atoms with Crippen LogP contribution in [-0.2, 0) is 0 Å². The fourth-order valence-corrected chi connectivity index (χ4v) is 2.03. The first kappa shape index (κ1) is 8.61. The number of rotatable bonds is 0. The van der Waals surface area contributed by atoms with Crippen molar-refractivity contribution in [3.63, 3.8) is 0 Å². The van der Waals surface area contributed by atoms with E-state index in [0.717, 1.165) is 12.5 Å². The first-order valence-electron chi connectivity index (χ1n) is 5.07. The quantitative estimate of drug-likeness (QED) is 0.547. The smallest absolute Gasteiger partial charge is 0.0396 e. The van der Waals surface area contributed by atoms with Crippen molar-refractivity contribution in [2.45, 2.75) is 19.8 Å². The zero-order chi connectivity index (χ0) is 9.26. The number of hydrogen-bond acceptors (Lipinski definition) is 1. The SMILES string of the molecule is CC1C=C2C=CCN(C)C2=CCC1. The average molecular weight is 175 g/mol. The van der Waals surface area contributed by atoms with E-state index >= 15 is 0 Å². The lowest BCUT2D eigenvalue weighted by atomic mass is 10.0. The number of nitrogens with zero attached hydrogens (tertiary/aromatic N) is 1. The molecule has 1 nitrogen and oxygen atoms in total. The molecule has 0 saturated heterocycles. The van der Waals surface area contributed by atoms with Gasteiger partial charge in [-0.05, 0) is 24.3 Å². The topological polar surface area (TPSA) is 3.24 Å². The molecule has 0 N–H and O–H groups in total. The summed E-state index contributed by atoms with van der Waals surface area (Å²) in [6.07, 6.45) is 11.8. The monoisotopic (exact) mass is 175 g/mol. The lowest BCUT2D eigenvalue weighted by Gasteiger charge is -2.25. The maximum atomic E-state index is 2.39. The van der Waals surface area contributed by atoms with Crippen LogP contribution in [0.3, 0.4) is 0 Å². The van der Waals surface area contributed by atoms with E-state index in [1.54, 1.807) is 0 Å². The van der Waals surface area contributed by atoms with Gasteiger partial charge < -0.3 is 4.90 Å². The maximum absolute atomic E-state index is 2.39. The Morgan fingerprint density at radius 3 is 3.15 bits per heavy atom. The van der Waals surface area contributed by atoms with Gasteiger partial charge in [0.2, 0.25) is 0 Å². The standard InChI is InChI=1S/C12H17N/c1-10-5-3-7-12-11(9-10)6-4-8-13(12)2/h4,6-7,9-10H,3,5,8H2,1-2H3. The fraction of sp³-hybridized carbons (Fsp3) is 0.500. The van der Waals surface area contributed by atoms with Crippen LogP contribution in [0.15, 0.2) is 35.6 Å². The molecule has 1 heteroatoms. The first-order chi connectivity index (χ1) is 6.27. The molecule has 0 fully saturated rings. The van der Waals surface area contributed by atoms with E-state index in [1.807, 2.05) is 0 Å². The van der Waals surface area contributed by atoms with Crippen molar-refractivity contribution in [2.24, 2.45) is 5.92 Å². The molecule has 13 heavy (non-hydrogen) atoms. The van der Waals surface area contributed by atoms with Gasteiger partial charge in [0, 0.05) is 19.3 Å². The van der Waals surface area contributed by atoms with Crippen LogP contribution in [-0.4, -0.2) is 18.5 Å². The molecule has 0 aromatic heterocycles. The van der Waals surface area contributed by atoms with E-state index < -0.39 is 0 Å². The Hall–Kier alpha value is -0.980. The van der Waals surface area contributed by atoms with Crippen molar-refractivity contribution in [1.82, 2.24) is 4.90 Å². The first-order valence-corrected chi connectivity index (χ1v) is 5.07. The third-order valence-corrected chi connectivity index (χ3v) is 2.81. The number of allylic oxidation sites excluding steroid dienone is 3. The van der Waals surface area contributed by atoms with Crippen LogP contribution in [0.1, 0.15) is 19.8 Å². The van der Waals surface area contributed by atoms with E-state index in [1.165, 1.54) is 24.1 Å². The van der Waals surface area contributed by atoms with Gasteiger partial charge in [-0.2, -0.15) is 0 Å². The minimum Gasteiger partial charge on any atom is -0.371 e. The molecule has 70 valence electrons. The summed E-state index contributed by atoms with van der Waals surface area (Å²) in [6.45, 7) is 3.35. The van der Waals surface area contributed by atoms with Crippen LogP contribution in [0.25, 0.3) is 0 Å². The van der Waals surface area contributed by atoms with Crippen LogP contribution < -0.4 is 0 Å². The minimum atomic E-state index is 0.722. The van der Waals surface area contributed by atoms with Crippen LogP contribution in [0, 0.1) is 5.92 Å². The van der Waals surface area contributed by atoms with Gasteiger partial charge in [0.1, 0.15) is 0 Å². The van der Waals surface area contributed by atoms with Gasteiger partial charge in [0.05, 0.1) is 0 Å². The Balaban J connectivity index is 2.36. The van der Waals surface area contributed by atoms with Crippen molar-refractivity contribution in [3.05, 3.63) is 35.6 Å². The van der Waals surface area contributed by atoms with E-state index in [4.69, 9.17) is 0 Å². The molecule has 0 saturated carbocycles. The van der Waals surface area contributed by atoms with Gasteiger partial charge in [0.25, 0.3) is 0 Å². The van der Waals surface area contributed by atoms with Crippen molar-refractivity contribution in [2.75, 3.05) is 13.6 Å². The highest BCUT2D eigenvalue weighted by Gasteiger charge is 2.14. The summed E-state index contributed by atoms with van der Waals surface area (Å²) in [5.74, 6) is 0.722. The molecule has 1 unspecified atom stereocenters. The highest BCUT2D eigenvalue weighted by molar-refractivity contribution is 5.42. The average Bonchev–Trinajstić information content (AvgIpc) is 2.27. The second-order valence-corrected chi connectivity index (χ2v) is 4.05. The predicted molar refractivity (Wildman–Crippen MR) is 56.3 cm³/mol. The Bertz CT molecular complexity index is 283. The summed E-state index contributed by atoms with van der Waals surface area (Å²) >= 11 is 0. The Kier molecular flexibility index (Phi) is 2.26. The molecule has 0 spiro atoms. The lowest BCUT2D eigenvalue weighted by Crippen LogP contribution is -2.21. The van der Waals surface area contributed by atoms with Crippen LogP contribution in [0.2, 0.25) is 0 Å². The van der Waals surface area contributed by atoms with Gasteiger partial charge in [-0.25, -0.2) is 0 Å². The van der Waals surface area contributed by atoms with Gasteiger partial charge in [0.15, 0.2) is 0 Å². The largest absolute Gasteiger partial charge is 0.371 e. The van der Waals surface area contributed by atoms with Gasteiger partial charge in [-0.1, -0.05) is 31.2 Å². The lowest BCUT2D eigenvalue weighted by molar-refractivity contribution is 0.465. The zero-order valence-corrected chi connectivity index (χ0v) is 8.46. The molecular weight excluding hydrogens is 158 g/mol. The van der Waals surface area contributed by atoms with Crippen molar-refractivity contribution < 1.29 is 0 Å². The zero-order valence-electron chi connectivity index (χ0n) is 8.46. The second-order valence-electron chi connectivity index (χ2n) is 4.05. The summed E-state index contributed by atoms with van der Waals surface area (Å²) in [4.78, 5) is 2.32. The molecule has 0 amide bonds. The van der Waals surface area contributed by atoms with Gasteiger partial charge in [-0.15, -0.1) is 0 Å². The molecule has 2 aliphatic rings. The van der Waals surface area contributed by atoms with Crippen LogP contribution in [0.5, 0.6) is 0 Å². The molecule has 1 atom stereocenters. The summed E-state index contributed by atoms with van der Waals surface area (Å²) in [7, 11) is 2.17. The molecule has 2 rings (SSSR count). The van der Waals surface area contributed by atoms with Crippen molar-refractivity contribution in [1.29, 1.82) is 0 Å². The predicted octanol–water partition coefficient (Wildman–Crippen LogP) is 2.73. The van der Waals surface area contributed by atoms with Gasteiger partial charge >= 0.3 is 0 Å². The Morgan fingerprint density at radius 2 is 2.31 bits per heavy atom. The summed E-state index contributed by atoms with van der Waals surface area (Å²) < 4.78 is 0. The highest BCUT2D eigenvalue weighted by atomic mass is 15.1. The number of fused-ring (bicyclic) bond motifs is 1. The molecule has 1 heterocycles. The number of likely N-dealkylation sites (N-methyl/N-ethyl adjacent to an activating group) is 1. The molecule has 1 aliphatic carbocycles. The van der Waals surface area contributed by atoms with E-state index in [0.29, 0.717) is 0 Å². The van der Waals surface area contributed by atoms with Crippen molar-refractivity contribution in [3.8, 4) is 0 Å². The van der Waals surface area contributed by atoms with Crippen LogP contribution in [0.4, 0.5) is 0 Å². The molecule has 0 aromatic rings. The second kappa shape index (κ2) is 3.41. The summed E-state index contributed by atoms with van der Waals surface area (Å²) in [5.41, 5.74) is 2.84. The van der Waals surface area contributed by atoms with E-state index in [2.05, 4.69) is 43.2 Å². The molecular formula is C12H17N. The summed E-state index contributed by atoms with van der Waals surface area (Å²) in [6, 6.07) is 0. The Labute approximate surface area is 80.4 Å².